The maximum atomic E-state index is 12.7. The van der Waals surface area contributed by atoms with E-state index in [1.807, 2.05) is 68.4 Å². The van der Waals surface area contributed by atoms with Gasteiger partial charge in [0.05, 0.1) is 23.0 Å². The largest absolute Gasteiger partial charge is 0.490 e. The minimum Gasteiger partial charge on any atom is -0.490 e. The number of amides is 1. The van der Waals surface area contributed by atoms with Crippen LogP contribution in [0.2, 0.25) is 0 Å². The van der Waals surface area contributed by atoms with Crippen LogP contribution in [0.15, 0.2) is 72.8 Å². The second-order valence-corrected chi connectivity index (χ2v) is 11.7. The third-order valence-electron chi connectivity index (χ3n) is 5.84. The second kappa shape index (κ2) is 12.9. The molecule has 3 rings (SSSR count). The van der Waals surface area contributed by atoms with Gasteiger partial charge in [0.25, 0.3) is 5.91 Å². The van der Waals surface area contributed by atoms with Gasteiger partial charge in [0, 0.05) is 6.54 Å². The van der Waals surface area contributed by atoms with Crippen molar-refractivity contribution in [2.24, 2.45) is 0 Å². The molecule has 0 unspecified atom stereocenters. The molecule has 0 aliphatic carbocycles. The molecule has 0 saturated carbocycles. The number of carbonyl (C=O) groups excluding carboxylic acids is 1. The molecule has 1 amide bonds. The van der Waals surface area contributed by atoms with Gasteiger partial charge in [-0.3, -0.25) is 4.79 Å². The van der Waals surface area contributed by atoms with Gasteiger partial charge in [-0.15, -0.1) is 0 Å². The molecule has 0 radical (unpaired) electrons. The van der Waals surface area contributed by atoms with Crippen LogP contribution in [-0.4, -0.2) is 43.9 Å². The van der Waals surface area contributed by atoms with Crippen molar-refractivity contribution in [1.82, 2.24) is 10.0 Å². The average molecular weight is 525 g/mol. The lowest BCUT2D eigenvalue weighted by Gasteiger charge is -2.17. The summed E-state index contributed by atoms with van der Waals surface area (Å²) in [6.07, 6.45) is 0.0765. The molecule has 0 fully saturated rings. The summed E-state index contributed by atoms with van der Waals surface area (Å²) in [6.45, 7) is 7.94. The van der Waals surface area contributed by atoms with Crippen LogP contribution in [0.1, 0.15) is 55.3 Å². The maximum Gasteiger partial charge on any atom is 0.268 e. The van der Waals surface area contributed by atoms with E-state index in [1.165, 1.54) is 13.8 Å². The topological polar surface area (TPSA) is 105 Å². The normalized spacial score (nSPS) is 12.5. The number of ether oxygens (including phenoxy) is 1. The monoisotopic (exact) mass is 524 g/mol. The Bertz CT molecular complexity index is 1270. The number of sulfonamides is 1. The lowest BCUT2D eigenvalue weighted by molar-refractivity contribution is 0.0975. The molecule has 3 aromatic carbocycles. The number of aliphatic hydroxyl groups excluding tert-OH is 1. The Morgan fingerprint density at radius 3 is 2.19 bits per heavy atom. The summed E-state index contributed by atoms with van der Waals surface area (Å²) in [7, 11) is -3.76. The van der Waals surface area contributed by atoms with Crippen molar-refractivity contribution in [2.45, 2.75) is 51.6 Å². The number of hydrogen-bond donors (Lipinski definition) is 3. The number of benzene rings is 3. The summed E-state index contributed by atoms with van der Waals surface area (Å²) < 4.78 is 32.3. The van der Waals surface area contributed by atoms with Gasteiger partial charge in [-0.2, -0.15) is 0 Å². The van der Waals surface area contributed by atoms with Gasteiger partial charge in [-0.1, -0.05) is 60.7 Å². The molecule has 37 heavy (non-hydrogen) atoms. The molecule has 0 heterocycles. The van der Waals surface area contributed by atoms with Crippen molar-refractivity contribution < 1.29 is 23.1 Å². The third-order valence-corrected chi connectivity index (χ3v) is 7.56. The number of carbonyl (C=O) groups is 1. The zero-order valence-electron chi connectivity index (χ0n) is 21.8. The lowest BCUT2D eigenvalue weighted by atomic mass is 10.0. The van der Waals surface area contributed by atoms with Crippen molar-refractivity contribution in [2.75, 3.05) is 13.1 Å². The molecule has 0 aliphatic rings. The number of nitrogens with one attached hydrogen (secondary N) is 2. The van der Waals surface area contributed by atoms with Crippen LogP contribution in [0.4, 0.5) is 0 Å². The van der Waals surface area contributed by atoms with Gasteiger partial charge in [0.2, 0.25) is 10.0 Å². The van der Waals surface area contributed by atoms with E-state index in [2.05, 4.69) is 10.0 Å². The molecule has 0 aromatic heterocycles. The van der Waals surface area contributed by atoms with E-state index in [-0.39, 0.29) is 11.7 Å². The summed E-state index contributed by atoms with van der Waals surface area (Å²) in [4.78, 5) is 12.7. The fraction of sp³-hybridized carbons (Fsp3) is 0.345. The highest BCUT2D eigenvalue weighted by atomic mass is 32.2. The van der Waals surface area contributed by atoms with Crippen LogP contribution in [0.3, 0.4) is 0 Å². The Morgan fingerprint density at radius 2 is 1.57 bits per heavy atom. The summed E-state index contributed by atoms with van der Waals surface area (Å²) in [6, 6.07) is 22.8. The van der Waals surface area contributed by atoms with Gasteiger partial charge >= 0.3 is 0 Å². The smallest absolute Gasteiger partial charge is 0.268 e. The predicted molar refractivity (Wildman–Crippen MR) is 147 cm³/mol. The van der Waals surface area contributed by atoms with Gasteiger partial charge in [-0.25, -0.2) is 13.1 Å². The van der Waals surface area contributed by atoms with Crippen molar-refractivity contribution in [3.63, 3.8) is 0 Å². The highest BCUT2D eigenvalue weighted by molar-refractivity contribution is 7.90. The molecule has 0 aliphatic heterocycles. The molecule has 3 aromatic rings. The fourth-order valence-corrected chi connectivity index (χ4v) is 4.28. The molecule has 1 atom stereocenters. The van der Waals surface area contributed by atoms with Gasteiger partial charge in [0.15, 0.2) is 0 Å². The molecule has 7 nitrogen and oxygen atoms in total. The predicted octanol–water partition coefficient (Wildman–Crippen LogP) is 4.47. The first kappa shape index (κ1) is 28.4. The minimum absolute atomic E-state index is 0.169. The van der Waals surface area contributed by atoms with E-state index in [0.717, 1.165) is 35.2 Å². The second-order valence-electron chi connectivity index (χ2n) is 9.48. The van der Waals surface area contributed by atoms with Crippen LogP contribution in [0, 0.1) is 0 Å². The zero-order valence-corrected chi connectivity index (χ0v) is 22.6. The summed E-state index contributed by atoms with van der Waals surface area (Å²) in [5.74, 6) is -0.384. The van der Waals surface area contributed by atoms with Crippen LogP contribution in [0.25, 0.3) is 11.1 Å². The van der Waals surface area contributed by atoms with E-state index < -0.39 is 27.3 Å². The van der Waals surface area contributed by atoms with E-state index in [0.29, 0.717) is 12.3 Å². The van der Waals surface area contributed by atoms with Crippen molar-refractivity contribution in [1.29, 1.82) is 0 Å². The Labute approximate surface area is 219 Å². The SMILES string of the molecule is CC(C)Oc1cc(-c2ccc(CCNC[C@H](O)c3ccccc3)cc2)ccc1C(=O)NS(=O)(=O)C(C)C. The molecule has 0 bridgehead atoms. The Hall–Kier alpha value is -3.20. The van der Waals surface area contributed by atoms with Crippen molar-refractivity contribution >= 4 is 15.9 Å². The first-order valence-electron chi connectivity index (χ1n) is 12.5. The highest BCUT2D eigenvalue weighted by Crippen LogP contribution is 2.29. The van der Waals surface area contributed by atoms with E-state index in [4.69, 9.17) is 4.74 Å². The van der Waals surface area contributed by atoms with Crippen LogP contribution in [-0.2, 0) is 16.4 Å². The lowest BCUT2D eigenvalue weighted by Crippen LogP contribution is -2.36. The molecule has 198 valence electrons. The Balaban J connectivity index is 1.65. The van der Waals surface area contributed by atoms with Gasteiger partial charge in [-0.05, 0) is 75.0 Å². The number of aliphatic hydroxyl groups is 1. The molecule has 0 saturated heterocycles. The molecular weight excluding hydrogens is 488 g/mol. The van der Waals surface area contributed by atoms with Crippen LogP contribution < -0.4 is 14.8 Å². The quantitative estimate of drug-likeness (QED) is 0.302. The molecule has 3 N–H and O–H groups in total. The van der Waals surface area contributed by atoms with Crippen LogP contribution >= 0.6 is 0 Å². The summed E-state index contributed by atoms with van der Waals surface area (Å²) in [5, 5.41) is 12.8. The van der Waals surface area contributed by atoms with Crippen LogP contribution in [0.5, 0.6) is 5.75 Å². The third kappa shape index (κ3) is 8.15. The Kier molecular flexibility index (Phi) is 9.86. The Morgan fingerprint density at radius 1 is 0.919 bits per heavy atom. The first-order chi connectivity index (χ1) is 17.6. The number of hydrogen-bond acceptors (Lipinski definition) is 6. The highest BCUT2D eigenvalue weighted by Gasteiger charge is 2.23. The van der Waals surface area contributed by atoms with Gasteiger partial charge < -0.3 is 15.2 Å². The standard InChI is InChI=1S/C29H36N2O5S/c1-20(2)36-28-18-25(14-15-26(28)29(33)31-37(34,35)21(3)4)23-12-10-22(11-13-23)16-17-30-19-27(32)24-8-6-5-7-9-24/h5-15,18,20-21,27,30,32H,16-17,19H2,1-4H3,(H,31,33)/t27-/m0/s1. The van der Waals surface area contributed by atoms with E-state index >= 15 is 0 Å². The van der Waals surface area contributed by atoms with Crippen molar-refractivity contribution in [3.8, 4) is 16.9 Å². The molecular formula is C29H36N2O5S. The fourth-order valence-electron chi connectivity index (χ4n) is 3.67. The zero-order chi connectivity index (χ0) is 27.0. The van der Waals surface area contributed by atoms with Crippen molar-refractivity contribution in [3.05, 3.63) is 89.5 Å². The molecule has 0 spiro atoms. The summed E-state index contributed by atoms with van der Waals surface area (Å²) >= 11 is 0. The van der Waals surface area contributed by atoms with E-state index in [9.17, 15) is 18.3 Å². The van der Waals surface area contributed by atoms with E-state index in [1.54, 1.807) is 18.2 Å². The average Bonchev–Trinajstić information content (AvgIpc) is 2.86. The maximum absolute atomic E-state index is 12.7. The number of rotatable bonds is 12. The molecule has 8 heteroatoms. The summed E-state index contributed by atoms with van der Waals surface area (Å²) in [5.41, 5.74) is 4.02. The first-order valence-corrected chi connectivity index (χ1v) is 14.0. The van der Waals surface area contributed by atoms with Gasteiger partial charge in [0.1, 0.15) is 5.75 Å². The minimum atomic E-state index is -3.76.